The van der Waals surface area contributed by atoms with Crippen LogP contribution in [0.3, 0.4) is 0 Å². The van der Waals surface area contributed by atoms with Crippen molar-refractivity contribution in [2.75, 3.05) is 26.1 Å². The fourth-order valence-corrected chi connectivity index (χ4v) is 2.01. The lowest BCUT2D eigenvalue weighted by Crippen LogP contribution is -2.20. The first-order valence-electron chi connectivity index (χ1n) is 6.94. The average Bonchev–Trinajstić information content (AvgIpc) is 2.55. The molecule has 0 aromatic heterocycles. The molecule has 2 rings (SSSR count). The topological polar surface area (TPSA) is 56.8 Å². The van der Waals surface area contributed by atoms with Gasteiger partial charge in [0.05, 0.1) is 19.9 Å². The molecule has 0 atom stereocenters. The monoisotopic (exact) mass is 319 g/mol. The van der Waals surface area contributed by atoms with Gasteiger partial charge in [0.15, 0.2) is 6.61 Å². The van der Waals surface area contributed by atoms with Gasteiger partial charge in [-0.3, -0.25) is 4.79 Å². The summed E-state index contributed by atoms with van der Waals surface area (Å²) < 4.78 is 28.6. The van der Waals surface area contributed by atoms with E-state index >= 15 is 0 Å². The van der Waals surface area contributed by atoms with Crippen LogP contribution in [0.25, 0.3) is 0 Å². The number of halogens is 1. The number of nitrogens with one attached hydrogen (secondary N) is 1. The highest BCUT2D eigenvalue weighted by Gasteiger charge is 2.12. The molecule has 0 heterocycles. The zero-order valence-corrected chi connectivity index (χ0v) is 13.2. The van der Waals surface area contributed by atoms with E-state index in [9.17, 15) is 9.18 Å². The first kappa shape index (κ1) is 16.6. The number of carbonyl (C=O) groups excluding carboxylic acids is 1. The van der Waals surface area contributed by atoms with Crippen molar-refractivity contribution in [3.63, 3.8) is 0 Å². The smallest absolute Gasteiger partial charge is 0.262 e. The third-order valence-corrected chi connectivity index (χ3v) is 3.17. The average molecular weight is 319 g/mol. The van der Waals surface area contributed by atoms with Crippen LogP contribution < -0.4 is 19.5 Å². The number of hydrogen-bond donors (Lipinski definition) is 1. The van der Waals surface area contributed by atoms with Crippen LogP contribution in [0.4, 0.5) is 10.1 Å². The van der Waals surface area contributed by atoms with Gasteiger partial charge in [-0.15, -0.1) is 0 Å². The van der Waals surface area contributed by atoms with Crippen LogP contribution in [0.15, 0.2) is 36.4 Å². The molecule has 0 aliphatic carbocycles. The molecule has 1 N–H and O–H groups in total. The van der Waals surface area contributed by atoms with E-state index in [-0.39, 0.29) is 18.3 Å². The second kappa shape index (κ2) is 7.49. The molecule has 2 aromatic rings. The molecule has 23 heavy (non-hydrogen) atoms. The summed E-state index contributed by atoms with van der Waals surface area (Å²) in [5, 5.41) is 2.70. The van der Waals surface area contributed by atoms with Crippen LogP contribution in [0.5, 0.6) is 17.2 Å². The highest BCUT2D eigenvalue weighted by atomic mass is 19.1. The summed E-state index contributed by atoms with van der Waals surface area (Å²) in [5.41, 5.74) is 1.38. The molecular formula is C17H18FNO4. The van der Waals surface area contributed by atoms with Crippen molar-refractivity contribution in [2.24, 2.45) is 0 Å². The Kier molecular flexibility index (Phi) is 5.41. The Morgan fingerprint density at radius 1 is 1.09 bits per heavy atom. The number of amides is 1. The fourth-order valence-electron chi connectivity index (χ4n) is 2.01. The highest BCUT2D eigenvalue weighted by Crippen LogP contribution is 2.32. The SMILES string of the molecule is COc1cc(NC(=O)COc2ccc(F)cc2)c(OC)cc1C. The summed E-state index contributed by atoms with van der Waals surface area (Å²) in [6, 6.07) is 8.90. The molecule has 1 amide bonds. The number of anilines is 1. The molecule has 0 fully saturated rings. The quantitative estimate of drug-likeness (QED) is 0.888. The first-order chi connectivity index (χ1) is 11.0. The molecule has 122 valence electrons. The van der Waals surface area contributed by atoms with Crippen molar-refractivity contribution >= 4 is 11.6 Å². The van der Waals surface area contributed by atoms with E-state index in [1.807, 2.05) is 6.92 Å². The summed E-state index contributed by atoms with van der Waals surface area (Å²) in [4.78, 5) is 12.0. The van der Waals surface area contributed by atoms with Crippen LogP contribution in [-0.2, 0) is 4.79 Å². The Balaban J connectivity index is 2.03. The van der Waals surface area contributed by atoms with Gasteiger partial charge in [-0.05, 0) is 42.8 Å². The predicted octanol–water partition coefficient (Wildman–Crippen LogP) is 3.17. The molecule has 5 nitrogen and oxygen atoms in total. The number of benzene rings is 2. The standard InChI is InChI=1S/C17H18FNO4/c1-11-8-16(22-3)14(9-15(11)21-2)19-17(20)10-23-13-6-4-12(18)5-7-13/h4-9H,10H2,1-3H3,(H,19,20). The van der Waals surface area contributed by atoms with Crippen molar-refractivity contribution in [3.8, 4) is 17.2 Å². The maximum atomic E-state index is 12.8. The van der Waals surface area contributed by atoms with Crippen LogP contribution in [0, 0.1) is 12.7 Å². The van der Waals surface area contributed by atoms with E-state index in [4.69, 9.17) is 14.2 Å². The molecule has 0 saturated carbocycles. The van der Waals surface area contributed by atoms with Gasteiger partial charge in [-0.2, -0.15) is 0 Å². The van der Waals surface area contributed by atoms with Crippen molar-refractivity contribution in [1.82, 2.24) is 0 Å². The third-order valence-electron chi connectivity index (χ3n) is 3.17. The molecule has 0 saturated heterocycles. The highest BCUT2D eigenvalue weighted by molar-refractivity contribution is 5.93. The van der Waals surface area contributed by atoms with E-state index in [0.29, 0.717) is 22.9 Å². The normalized spacial score (nSPS) is 10.1. The van der Waals surface area contributed by atoms with Crippen LogP contribution in [0.1, 0.15) is 5.56 Å². The van der Waals surface area contributed by atoms with E-state index < -0.39 is 0 Å². The Labute approximate surface area is 134 Å². The number of hydrogen-bond acceptors (Lipinski definition) is 4. The maximum Gasteiger partial charge on any atom is 0.262 e. The van der Waals surface area contributed by atoms with Crippen molar-refractivity contribution < 1.29 is 23.4 Å². The van der Waals surface area contributed by atoms with Crippen LogP contribution in [0.2, 0.25) is 0 Å². The van der Waals surface area contributed by atoms with Gasteiger partial charge in [0, 0.05) is 6.07 Å². The van der Waals surface area contributed by atoms with Crippen LogP contribution in [-0.4, -0.2) is 26.7 Å². The van der Waals surface area contributed by atoms with E-state index in [1.165, 1.54) is 31.4 Å². The Hall–Kier alpha value is -2.76. The van der Waals surface area contributed by atoms with E-state index in [1.54, 1.807) is 19.2 Å². The summed E-state index contributed by atoms with van der Waals surface area (Å²) in [7, 11) is 3.07. The molecule has 0 unspecified atom stereocenters. The minimum atomic E-state index is -0.363. The minimum absolute atomic E-state index is 0.203. The second-order valence-corrected chi connectivity index (χ2v) is 4.81. The second-order valence-electron chi connectivity index (χ2n) is 4.81. The van der Waals surface area contributed by atoms with Gasteiger partial charge in [-0.1, -0.05) is 0 Å². The van der Waals surface area contributed by atoms with Crippen molar-refractivity contribution in [2.45, 2.75) is 6.92 Å². The molecule has 0 spiro atoms. The largest absolute Gasteiger partial charge is 0.496 e. The van der Waals surface area contributed by atoms with Gasteiger partial charge in [0.1, 0.15) is 23.1 Å². The summed E-state index contributed by atoms with van der Waals surface area (Å²) in [5.74, 6) is 0.853. The molecule has 0 radical (unpaired) electrons. The lowest BCUT2D eigenvalue weighted by atomic mass is 10.2. The Morgan fingerprint density at radius 2 is 1.74 bits per heavy atom. The number of methoxy groups -OCH3 is 2. The summed E-state index contributed by atoms with van der Waals surface area (Å²) in [6.07, 6.45) is 0. The minimum Gasteiger partial charge on any atom is -0.496 e. The molecule has 2 aromatic carbocycles. The fraction of sp³-hybridized carbons (Fsp3) is 0.235. The maximum absolute atomic E-state index is 12.8. The van der Waals surface area contributed by atoms with Gasteiger partial charge >= 0.3 is 0 Å². The number of aryl methyl sites for hydroxylation is 1. The lowest BCUT2D eigenvalue weighted by Gasteiger charge is -2.14. The van der Waals surface area contributed by atoms with Gasteiger partial charge < -0.3 is 19.5 Å². The van der Waals surface area contributed by atoms with Gasteiger partial charge in [-0.25, -0.2) is 4.39 Å². The molecule has 0 bridgehead atoms. The first-order valence-corrected chi connectivity index (χ1v) is 6.94. The predicted molar refractivity (Wildman–Crippen MR) is 84.8 cm³/mol. The lowest BCUT2D eigenvalue weighted by molar-refractivity contribution is -0.118. The van der Waals surface area contributed by atoms with Crippen molar-refractivity contribution in [1.29, 1.82) is 0 Å². The zero-order chi connectivity index (χ0) is 16.8. The van der Waals surface area contributed by atoms with Gasteiger partial charge in [0.2, 0.25) is 0 Å². The van der Waals surface area contributed by atoms with E-state index in [2.05, 4.69) is 5.32 Å². The summed E-state index contributed by atoms with van der Waals surface area (Å²) in [6.45, 7) is 1.68. The zero-order valence-electron chi connectivity index (χ0n) is 13.2. The summed E-state index contributed by atoms with van der Waals surface area (Å²) >= 11 is 0. The Bertz CT molecular complexity index is 686. The van der Waals surface area contributed by atoms with Gasteiger partial charge in [0.25, 0.3) is 5.91 Å². The molecule has 6 heteroatoms. The Morgan fingerprint density at radius 3 is 2.35 bits per heavy atom. The molecular weight excluding hydrogens is 301 g/mol. The molecule has 0 aliphatic rings. The van der Waals surface area contributed by atoms with E-state index in [0.717, 1.165) is 5.56 Å². The number of carbonyl (C=O) groups is 1. The van der Waals surface area contributed by atoms with Crippen LogP contribution >= 0.6 is 0 Å². The number of rotatable bonds is 6. The number of ether oxygens (including phenoxy) is 3. The molecule has 0 aliphatic heterocycles. The van der Waals surface area contributed by atoms with Crippen molar-refractivity contribution in [3.05, 3.63) is 47.8 Å². The third kappa shape index (κ3) is 4.35.